The fourth-order valence-electron chi connectivity index (χ4n) is 9.12. The van der Waals surface area contributed by atoms with Gasteiger partial charge in [0.1, 0.15) is 11.6 Å². The van der Waals surface area contributed by atoms with E-state index in [1.165, 1.54) is 11.1 Å². The number of hydrogen-bond donors (Lipinski definition) is 1. The molecular formula is C43H57N5O5. The molecule has 5 aliphatic rings. The first-order chi connectivity index (χ1) is 25.3. The van der Waals surface area contributed by atoms with Crippen LogP contribution in [-0.2, 0) is 14.9 Å². The summed E-state index contributed by atoms with van der Waals surface area (Å²) in [5.74, 6) is 1.71. The number of aromatic nitrogens is 3. The third kappa shape index (κ3) is 7.62. The summed E-state index contributed by atoms with van der Waals surface area (Å²) >= 11 is 0. The minimum atomic E-state index is -0.809. The summed E-state index contributed by atoms with van der Waals surface area (Å²) in [6.45, 7) is 11.6. The van der Waals surface area contributed by atoms with Crippen LogP contribution in [0.4, 0.5) is 10.6 Å². The third-order valence-corrected chi connectivity index (χ3v) is 13.1. The standard InChI is InChI=1S/C43H57N5O5/c1-29(2)48-24-34(23-45-48)33-13-20-44-38(22-33)47(28-42-14-17-43(18-15-42,19-16-42)35-11-12-37(52-6)30(3)21-35)39(49)32-9-7-31(8-10-32)27-53-40(50)46-25-36(26-46)41(4,5)51/h11-13,20-24,27,29,32,36,51H,7-10,14-19,25-26,28H2,1-6H3. The van der Waals surface area contributed by atoms with Gasteiger partial charge in [-0.05, 0) is 150 Å². The second-order valence-corrected chi connectivity index (χ2v) is 17.3. The number of methoxy groups -OCH3 is 1. The summed E-state index contributed by atoms with van der Waals surface area (Å²) in [5.41, 5.74) is 5.11. The lowest BCUT2D eigenvalue weighted by Gasteiger charge is -2.55. The maximum atomic E-state index is 14.7. The number of hydrogen-bond acceptors (Lipinski definition) is 7. The highest BCUT2D eigenvalue weighted by atomic mass is 16.5. The molecule has 2 aromatic heterocycles. The van der Waals surface area contributed by atoms with Gasteiger partial charge in [0.25, 0.3) is 0 Å². The number of amides is 2. The summed E-state index contributed by atoms with van der Waals surface area (Å²) < 4.78 is 13.1. The molecule has 53 heavy (non-hydrogen) atoms. The van der Waals surface area contributed by atoms with Gasteiger partial charge in [-0.2, -0.15) is 5.10 Å². The Morgan fingerprint density at radius 3 is 2.34 bits per heavy atom. The molecular weight excluding hydrogens is 667 g/mol. The molecule has 4 aliphatic carbocycles. The van der Waals surface area contributed by atoms with E-state index in [1.54, 1.807) is 32.1 Å². The number of ether oxygens (including phenoxy) is 2. The fraction of sp³-hybridized carbons (Fsp3) is 0.581. The Bertz CT molecular complexity index is 1820. The van der Waals surface area contributed by atoms with Crippen LogP contribution in [0.1, 0.15) is 109 Å². The first-order valence-electron chi connectivity index (χ1n) is 19.6. The van der Waals surface area contributed by atoms with Crippen LogP contribution in [0.3, 0.4) is 0 Å². The number of carbonyl (C=O) groups is 2. The number of benzene rings is 1. The van der Waals surface area contributed by atoms with Gasteiger partial charge in [-0.25, -0.2) is 9.78 Å². The highest BCUT2D eigenvalue weighted by Gasteiger charge is 2.51. The molecule has 8 rings (SSSR count). The summed E-state index contributed by atoms with van der Waals surface area (Å²) in [6, 6.07) is 11.0. The zero-order chi connectivity index (χ0) is 37.5. The molecule has 1 N–H and O–H groups in total. The molecule has 0 atom stereocenters. The molecule has 284 valence electrons. The molecule has 0 unspecified atom stereocenters. The van der Waals surface area contributed by atoms with Crippen molar-refractivity contribution < 1.29 is 24.2 Å². The lowest BCUT2D eigenvalue weighted by atomic mass is 9.51. The molecule has 4 saturated carbocycles. The number of pyridine rings is 1. The van der Waals surface area contributed by atoms with Gasteiger partial charge in [0.05, 0.1) is 25.2 Å². The number of fused-ring (bicyclic) bond motifs is 3. The van der Waals surface area contributed by atoms with Crippen molar-refractivity contribution in [1.82, 2.24) is 19.7 Å². The van der Waals surface area contributed by atoms with Crippen LogP contribution < -0.4 is 9.64 Å². The van der Waals surface area contributed by atoms with Crippen molar-refractivity contribution in [2.24, 2.45) is 17.3 Å². The molecule has 10 nitrogen and oxygen atoms in total. The summed E-state index contributed by atoms with van der Waals surface area (Å²) in [4.78, 5) is 35.8. The second-order valence-electron chi connectivity index (χ2n) is 17.3. The van der Waals surface area contributed by atoms with E-state index in [1.807, 2.05) is 28.0 Å². The molecule has 5 fully saturated rings. The number of likely N-dealkylation sites (tertiary alicyclic amines) is 1. The first kappa shape index (κ1) is 37.1. The van der Waals surface area contributed by atoms with E-state index in [9.17, 15) is 14.7 Å². The highest BCUT2D eigenvalue weighted by Crippen LogP contribution is 2.58. The van der Waals surface area contributed by atoms with Crippen molar-refractivity contribution in [2.75, 3.05) is 31.6 Å². The smallest absolute Gasteiger partial charge is 0.414 e. The Hall–Kier alpha value is -4.18. The zero-order valence-electron chi connectivity index (χ0n) is 32.4. The van der Waals surface area contributed by atoms with Crippen LogP contribution in [0.25, 0.3) is 11.1 Å². The highest BCUT2D eigenvalue weighted by molar-refractivity contribution is 5.95. The predicted octanol–water partition coefficient (Wildman–Crippen LogP) is 8.38. The molecule has 0 spiro atoms. The summed E-state index contributed by atoms with van der Waals surface area (Å²) in [6.07, 6.45) is 16.4. The topological polar surface area (TPSA) is 110 Å². The Morgan fingerprint density at radius 2 is 1.74 bits per heavy atom. The minimum Gasteiger partial charge on any atom is -0.496 e. The number of carbonyl (C=O) groups excluding carboxylic acids is 2. The van der Waals surface area contributed by atoms with Gasteiger partial charge in [-0.15, -0.1) is 0 Å². The van der Waals surface area contributed by atoms with Gasteiger partial charge in [-0.3, -0.25) is 14.4 Å². The number of aliphatic hydroxyl groups is 1. The first-order valence-corrected chi connectivity index (χ1v) is 19.6. The Balaban J connectivity index is 1.06. The van der Waals surface area contributed by atoms with Crippen molar-refractivity contribution in [2.45, 2.75) is 116 Å². The van der Waals surface area contributed by atoms with Crippen LogP contribution in [0, 0.1) is 24.2 Å². The Morgan fingerprint density at radius 1 is 1.04 bits per heavy atom. The minimum absolute atomic E-state index is 0.0498. The molecule has 1 saturated heterocycles. The summed E-state index contributed by atoms with van der Waals surface area (Å²) in [7, 11) is 1.73. The van der Waals surface area contributed by atoms with Gasteiger partial charge < -0.3 is 19.5 Å². The van der Waals surface area contributed by atoms with Crippen LogP contribution in [-0.4, -0.2) is 69.1 Å². The van der Waals surface area contributed by atoms with E-state index in [0.29, 0.717) is 51.1 Å². The zero-order valence-corrected chi connectivity index (χ0v) is 32.4. The number of allylic oxidation sites excluding steroid dienone is 1. The van der Waals surface area contributed by atoms with Gasteiger partial charge >= 0.3 is 6.09 Å². The molecule has 3 heterocycles. The monoisotopic (exact) mass is 723 g/mol. The van der Waals surface area contributed by atoms with Gasteiger partial charge in [0.15, 0.2) is 0 Å². The Kier molecular flexibility index (Phi) is 10.2. The second kappa shape index (κ2) is 14.6. The van der Waals surface area contributed by atoms with Crippen molar-refractivity contribution in [3.05, 3.63) is 71.9 Å². The predicted molar refractivity (Wildman–Crippen MR) is 206 cm³/mol. The van der Waals surface area contributed by atoms with E-state index in [-0.39, 0.29) is 40.7 Å². The lowest BCUT2D eigenvalue weighted by molar-refractivity contribution is -0.123. The van der Waals surface area contributed by atoms with Crippen LogP contribution >= 0.6 is 0 Å². The van der Waals surface area contributed by atoms with Gasteiger partial charge in [0.2, 0.25) is 5.91 Å². The molecule has 2 amide bonds. The molecule has 10 heteroatoms. The van der Waals surface area contributed by atoms with Crippen molar-refractivity contribution in [3.63, 3.8) is 0 Å². The molecule has 2 bridgehead atoms. The summed E-state index contributed by atoms with van der Waals surface area (Å²) in [5, 5.41) is 14.8. The number of rotatable bonds is 10. The van der Waals surface area contributed by atoms with E-state index < -0.39 is 5.60 Å². The average molecular weight is 724 g/mol. The van der Waals surface area contributed by atoms with Gasteiger partial charge in [-0.1, -0.05) is 12.1 Å². The lowest BCUT2D eigenvalue weighted by Crippen LogP contribution is -2.57. The van der Waals surface area contributed by atoms with E-state index in [0.717, 1.165) is 61.0 Å². The number of anilines is 1. The molecule has 3 aromatic rings. The quantitative estimate of drug-likeness (QED) is 0.209. The third-order valence-electron chi connectivity index (χ3n) is 13.1. The van der Waals surface area contributed by atoms with Crippen LogP contribution in [0.15, 0.2) is 60.8 Å². The number of nitrogens with zero attached hydrogens (tertiary/aromatic N) is 5. The van der Waals surface area contributed by atoms with Gasteiger partial charge in [0, 0.05) is 55.5 Å². The molecule has 0 radical (unpaired) electrons. The normalized spacial score (nSPS) is 24.6. The van der Waals surface area contributed by atoms with Crippen molar-refractivity contribution in [3.8, 4) is 16.9 Å². The maximum Gasteiger partial charge on any atom is 0.414 e. The van der Waals surface area contributed by atoms with E-state index in [2.05, 4.69) is 56.3 Å². The Labute approximate surface area is 314 Å². The van der Waals surface area contributed by atoms with E-state index >= 15 is 0 Å². The van der Waals surface area contributed by atoms with Crippen LogP contribution in [0.2, 0.25) is 0 Å². The molecule has 1 aromatic carbocycles. The largest absolute Gasteiger partial charge is 0.496 e. The number of aryl methyl sites for hydroxylation is 1. The molecule has 1 aliphatic heterocycles. The van der Waals surface area contributed by atoms with Crippen molar-refractivity contribution >= 4 is 17.8 Å². The van der Waals surface area contributed by atoms with E-state index in [4.69, 9.17) is 14.5 Å². The SMILES string of the molecule is COc1ccc(C23CCC(CN(C(=O)C4CCC(=COC(=O)N5CC(C(C)(C)O)C5)CC4)c4cc(-c5cnn(C(C)C)c5)ccn4)(CC2)CC3)cc1C. The average Bonchev–Trinajstić information content (AvgIpc) is 3.64. The fourth-order valence-corrected chi connectivity index (χ4v) is 9.12. The van der Waals surface area contributed by atoms with Crippen LogP contribution in [0.5, 0.6) is 5.75 Å². The maximum absolute atomic E-state index is 14.7. The van der Waals surface area contributed by atoms with Crippen molar-refractivity contribution in [1.29, 1.82) is 0 Å².